The number of halogens is 1. The monoisotopic (exact) mass is 396 g/mol. The van der Waals surface area contributed by atoms with Crippen molar-refractivity contribution in [2.75, 3.05) is 0 Å². The van der Waals surface area contributed by atoms with Crippen LogP contribution in [0.5, 0.6) is 0 Å². The van der Waals surface area contributed by atoms with Crippen molar-refractivity contribution in [3.8, 4) is 15.6 Å². The maximum absolute atomic E-state index is 11.6. The Labute approximate surface area is 162 Å². The molecule has 0 radical (unpaired) electrons. The summed E-state index contributed by atoms with van der Waals surface area (Å²) in [4.78, 5) is 17.3. The van der Waals surface area contributed by atoms with E-state index in [1.54, 1.807) is 11.3 Å². The van der Waals surface area contributed by atoms with Crippen LogP contribution in [0.2, 0.25) is 5.02 Å². The minimum atomic E-state index is -0.172. The van der Waals surface area contributed by atoms with Crippen molar-refractivity contribution in [3.63, 3.8) is 0 Å². The standard InChI is InChI=1S/C18H13ClN6OS/c1-9-21-23-15-8-20-17(10-4-2-3-5-12(10)19)11-6-14(27-18(11)25(9)15)13-7-16(26)24-22-13/h2-7H,8H2,1H3,(H2,22,24,26). The van der Waals surface area contributed by atoms with E-state index in [0.717, 1.165) is 44.1 Å². The Morgan fingerprint density at radius 1 is 1.15 bits per heavy atom. The number of hydrogen-bond acceptors (Lipinski definition) is 5. The number of aromatic amines is 2. The molecule has 0 amide bonds. The van der Waals surface area contributed by atoms with Crippen LogP contribution in [0.25, 0.3) is 15.6 Å². The predicted molar refractivity (Wildman–Crippen MR) is 105 cm³/mol. The second-order valence-corrected chi connectivity index (χ2v) is 7.58. The van der Waals surface area contributed by atoms with Gasteiger partial charge in [0.1, 0.15) is 17.4 Å². The third-order valence-electron chi connectivity index (χ3n) is 4.43. The van der Waals surface area contributed by atoms with Crippen molar-refractivity contribution in [2.24, 2.45) is 4.99 Å². The van der Waals surface area contributed by atoms with Crippen LogP contribution in [0.15, 0.2) is 46.2 Å². The number of H-pyrrole nitrogens is 2. The molecule has 0 aliphatic carbocycles. The number of aromatic nitrogens is 5. The van der Waals surface area contributed by atoms with Gasteiger partial charge in [-0.05, 0) is 19.1 Å². The average Bonchev–Trinajstić information content (AvgIpc) is 3.34. The Hall–Kier alpha value is -2.97. The van der Waals surface area contributed by atoms with Gasteiger partial charge in [0, 0.05) is 22.2 Å². The number of rotatable bonds is 2. The van der Waals surface area contributed by atoms with Gasteiger partial charge in [-0.2, -0.15) is 0 Å². The Kier molecular flexibility index (Phi) is 3.63. The van der Waals surface area contributed by atoms with Crippen LogP contribution in [0.3, 0.4) is 0 Å². The van der Waals surface area contributed by atoms with Crippen molar-refractivity contribution in [3.05, 3.63) is 74.6 Å². The quantitative estimate of drug-likeness (QED) is 0.544. The molecule has 0 fully saturated rings. The summed E-state index contributed by atoms with van der Waals surface area (Å²) in [5.41, 5.74) is 3.16. The van der Waals surface area contributed by atoms with Gasteiger partial charge in [-0.15, -0.1) is 21.5 Å². The van der Waals surface area contributed by atoms with Crippen LogP contribution >= 0.6 is 22.9 Å². The molecule has 0 saturated heterocycles. The summed E-state index contributed by atoms with van der Waals surface area (Å²) in [6.45, 7) is 2.33. The summed E-state index contributed by atoms with van der Waals surface area (Å²) in [7, 11) is 0. The minimum absolute atomic E-state index is 0.172. The summed E-state index contributed by atoms with van der Waals surface area (Å²) < 4.78 is 2.02. The maximum Gasteiger partial charge on any atom is 0.264 e. The molecular weight excluding hydrogens is 384 g/mol. The number of thiophene rings is 1. The van der Waals surface area contributed by atoms with Gasteiger partial charge in [-0.3, -0.25) is 24.6 Å². The first-order valence-electron chi connectivity index (χ1n) is 8.24. The lowest BCUT2D eigenvalue weighted by Crippen LogP contribution is -2.05. The van der Waals surface area contributed by atoms with E-state index in [1.807, 2.05) is 41.8 Å². The van der Waals surface area contributed by atoms with Crippen LogP contribution in [0.4, 0.5) is 0 Å². The van der Waals surface area contributed by atoms with E-state index in [2.05, 4.69) is 20.4 Å². The fourth-order valence-electron chi connectivity index (χ4n) is 3.21. The predicted octanol–water partition coefficient (Wildman–Crippen LogP) is 3.33. The summed E-state index contributed by atoms with van der Waals surface area (Å²) in [5, 5.41) is 15.6. The topological polar surface area (TPSA) is 91.7 Å². The van der Waals surface area contributed by atoms with E-state index in [9.17, 15) is 4.79 Å². The molecule has 0 atom stereocenters. The highest BCUT2D eigenvalue weighted by Crippen LogP contribution is 2.37. The Balaban J connectivity index is 1.79. The molecule has 134 valence electrons. The van der Waals surface area contributed by atoms with E-state index in [1.165, 1.54) is 6.07 Å². The Morgan fingerprint density at radius 2 is 2.00 bits per heavy atom. The van der Waals surface area contributed by atoms with Crippen LogP contribution in [-0.2, 0) is 6.54 Å². The summed E-state index contributed by atoms with van der Waals surface area (Å²) >= 11 is 8.01. The highest BCUT2D eigenvalue weighted by Gasteiger charge is 2.26. The number of aryl methyl sites for hydroxylation is 1. The minimum Gasteiger partial charge on any atom is -0.297 e. The first kappa shape index (κ1) is 16.2. The second kappa shape index (κ2) is 6.04. The molecule has 5 rings (SSSR count). The fraction of sp³-hybridized carbons (Fsp3) is 0.111. The van der Waals surface area contributed by atoms with Crippen LogP contribution in [0, 0.1) is 6.92 Å². The zero-order valence-corrected chi connectivity index (χ0v) is 15.7. The molecule has 1 aliphatic heterocycles. The van der Waals surface area contributed by atoms with E-state index >= 15 is 0 Å². The molecule has 7 nitrogen and oxygen atoms in total. The average molecular weight is 397 g/mol. The fourth-order valence-corrected chi connectivity index (χ4v) is 4.63. The van der Waals surface area contributed by atoms with Gasteiger partial charge < -0.3 is 0 Å². The molecule has 0 unspecified atom stereocenters. The Bertz CT molecular complexity index is 1260. The van der Waals surface area contributed by atoms with E-state index in [-0.39, 0.29) is 5.56 Å². The molecule has 9 heteroatoms. The van der Waals surface area contributed by atoms with Crippen molar-refractivity contribution in [1.82, 2.24) is 25.0 Å². The molecule has 27 heavy (non-hydrogen) atoms. The van der Waals surface area contributed by atoms with Gasteiger partial charge in [0.15, 0.2) is 5.82 Å². The van der Waals surface area contributed by atoms with Gasteiger partial charge in [-0.1, -0.05) is 29.8 Å². The SMILES string of the molecule is Cc1nnc2n1-c1sc(-c3cc(=O)[nH][nH]3)cc1C(c1ccccc1Cl)=NC2. The highest BCUT2D eigenvalue weighted by molar-refractivity contribution is 7.18. The van der Waals surface area contributed by atoms with Crippen molar-refractivity contribution < 1.29 is 0 Å². The molecule has 4 aromatic rings. The van der Waals surface area contributed by atoms with Crippen molar-refractivity contribution >= 4 is 28.6 Å². The van der Waals surface area contributed by atoms with Crippen molar-refractivity contribution in [1.29, 1.82) is 0 Å². The van der Waals surface area contributed by atoms with E-state index < -0.39 is 0 Å². The number of benzene rings is 1. The lowest BCUT2D eigenvalue weighted by atomic mass is 10.0. The smallest absolute Gasteiger partial charge is 0.264 e. The zero-order chi connectivity index (χ0) is 18.5. The lowest BCUT2D eigenvalue weighted by molar-refractivity contribution is 0.869. The number of aliphatic imine (C=N–C) groups is 1. The normalized spacial score (nSPS) is 13.0. The number of fused-ring (bicyclic) bond motifs is 3. The molecule has 1 aromatic carbocycles. The lowest BCUT2D eigenvalue weighted by Gasteiger charge is -2.08. The second-order valence-electron chi connectivity index (χ2n) is 6.15. The number of nitrogens with zero attached hydrogens (tertiary/aromatic N) is 4. The molecule has 0 spiro atoms. The summed E-state index contributed by atoms with van der Waals surface area (Å²) in [6.07, 6.45) is 0. The van der Waals surface area contributed by atoms with Gasteiger partial charge in [0.25, 0.3) is 5.56 Å². The highest BCUT2D eigenvalue weighted by atomic mass is 35.5. The largest absolute Gasteiger partial charge is 0.297 e. The number of nitrogens with one attached hydrogen (secondary N) is 2. The molecule has 2 N–H and O–H groups in total. The van der Waals surface area contributed by atoms with Crippen molar-refractivity contribution in [2.45, 2.75) is 13.5 Å². The summed E-state index contributed by atoms with van der Waals surface area (Å²) in [5.74, 6) is 1.56. The molecule has 0 saturated carbocycles. The van der Waals surface area contributed by atoms with Gasteiger partial charge in [0.2, 0.25) is 0 Å². The van der Waals surface area contributed by atoms with Crippen LogP contribution < -0.4 is 5.56 Å². The van der Waals surface area contributed by atoms with Gasteiger partial charge >= 0.3 is 0 Å². The Morgan fingerprint density at radius 3 is 2.78 bits per heavy atom. The zero-order valence-electron chi connectivity index (χ0n) is 14.2. The van der Waals surface area contributed by atoms with Crippen LogP contribution in [-0.4, -0.2) is 30.7 Å². The first-order valence-corrected chi connectivity index (χ1v) is 9.44. The third kappa shape index (κ3) is 2.56. The van der Waals surface area contributed by atoms with E-state index in [0.29, 0.717) is 11.6 Å². The molecule has 3 aromatic heterocycles. The van der Waals surface area contributed by atoms with Gasteiger partial charge in [0.05, 0.1) is 16.3 Å². The van der Waals surface area contributed by atoms with E-state index in [4.69, 9.17) is 16.6 Å². The molecule has 1 aliphatic rings. The summed E-state index contributed by atoms with van der Waals surface area (Å²) in [6, 6.07) is 11.2. The molecule has 4 heterocycles. The number of hydrogen-bond donors (Lipinski definition) is 2. The molecule has 0 bridgehead atoms. The van der Waals surface area contributed by atoms with Crippen LogP contribution in [0.1, 0.15) is 22.8 Å². The first-order chi connectivity index (χ1) is 13.1. The maximum atomic E-state index is 11.6. The molecular formula is C18H13ClN6OS. The third-order valence-corrected chi connectivity index (χ3v) is 5.91. The van der Waals surface area contributed by atoms with Gasteiger partial charge in [-0.25, -0.2) is 0 Å².